The molecule has 0 radical (unpaired) electrons. The fourth-order valence-corrected chi connectivity index (χ4v) is 5.49. The van der Waals surface area contributed by atoms with Gasteiger partial charge in [-0.3, -0.25) is 10.1 Å². The lowest BCUT2D eigenvalue weighted by atomic mass is 10.1. The van der Waals surface area contributed by atoms with Gasteiger partial charge in [-0.1, -0.05) is 42.1 Å². The molecule has 0 bridgehead atoms. The van der Waals surface area contributed by atoms with Gasteiger partial charge in [0.2, 0.25) is 0 Å². The quantitative estimate of drug-likeness (QED) is 0.507. The zero-order valence-electron chi connectivity index (χ0n) is 11.9. The molecule has 2 aromatic carbocycles. The average Bonchev–Trinajstić information content (AvgIpc) is 2.91. The van der Waals surface area contributed by atoms with Crippen molar-refractivity contribution in [3.05, 3.63) is 58.6 Å². The zero-order valence-corrected chi connectivity index (χ0v) is 14.4. The number of hydrogen-bond acceptors (Lipinski definition) is 6. The molecule has 8 heteroatoms. The van der Waals surface area contributed by atoms with Crippen molar-refractivity contribution >= 4 is 49.4 Å². The summed E-state index contributed by atoms with van der Waals surface area (Å²) in [5, 5.41) is 13.3. The van der Waals surface area contributed by atoms with E-state index in [4.69, 9.17) is 0 Å². The van der Waals surface area contributed by atoms with E-state index in [-0.39, 0.29) is 9.90 Å². The van der Waals surface area contributed by atoms with E-state index in [0.29, 0.717) is 4.21 Å². The summed E-state index contributed by atoms with van der Waals surface area (Å²) in [4.78, 5) is 11.4. The van der Waals surface area contributed by atoms with Gasteiger partial charge in [-0.2, -0.15) is 0 Å². The van der Waals surface area contributed by atoms with Crippen molar-refractivity contribution in [1.29, 1.82) is 0 Å². The van der Waals surface area contributed by atoms with Gasteiger partial charge < -0.3 is 0 Å². The maximum absolute atomic E-state index is 11.6. The molecule has 0 saturated heterocycles. The summed E-state index contributed by atoms with van der Waals surface area (Å²) in [6.07, 6.45) is 1.05. The van der Waals surface area contributed by atoms with Crippen molar-refractivity contribution in [2.45, 2.75) is 13.3 Å². The number of thiophene rings is 1. The van der Waals surface area contributed by atoms with E-state index in [0.717, 1.165) is 39.3 Å². The molecule has 0 N–H and O–H groups in total. The van der Waals surface area contributed by atoms with E-state index >= 15 is 0 Å². The van der Waals surface area contributed by atoms with Gasteiger partial charge in [-0.15, -0.1) is 11.3 Å². The molecule has 0 saturated carbocycles. The number of nitro groups is 1. The Bertz CT molecular complexity index is 1010. The highest BCUT2D eigenvalue weighted by Gasteiger charge is 2.24. The topological polar surface area (TPSA) is 77.3 Å². The average molecular weight is 365 g/mol. The van der Waals surface area contributed by atoms with Gasteiger partial charge in [0.1, 0.15) is 8.42 Å². The summed E-state index contributed by atoms with van der Waals surface area (Å²) in [5.41, 5.74) is -0.173. The number of fused-ring (bicyclic) bond motifs is 1. The fourth-order valence-electron chi connectivity index (χ4n) is 2.06. The molecule has 0 amide bonds. The van der Waals surface area contributed by atoms with Gasteiger partial charge in [-0.25, -0.2) is 8.42 Å². The van der Waals surface area contributed by atoms with Crippen LogP contribution < -0.4 is 0 Å². The summed E-state index contributed by atoms with van der Waals surface area (Å²) in [6.45, 7) is 0. The molecule has 1 heterocycles. The molecule has 3 aromatic rings. The Hall–Kier alpha value is -1.90. The molecule has 0 atom stereocenters. The third-order valence-corrected chi connectivity index (χ3v) is 7.26. The van der Waals surface area contributed by atoms with E-state index in [1.54, 1.807) is 0 Å². The molecule has 3 rings (SSSR count). The number of sulfone groups is 1. The van der Waals surface area contributed by atoms with Crippen molar-refractivity contribution in [1.82, 2.24) is 0 Å². The smallest absolute Gasteiger partial charge is 0.258 e. The molecule has 0 unspecified atom stereocenters. The van der Waals surface area contributed by atoms with Crippen molar-refractivity contribution < 1.29 is 13.3 Å². The van der Waals surface area contributed by atoms with Crippen molar-refractivity contribution in [3.8, 4) is 0 Å². The molecule has 0 aliphatic heterocycles. The Morgan fingerprint density at radius 2 is 1.78 bits per heavy atom. The highest BCUT2D eigenvalue weighted by atomic mass is 32.2. The zero-order chi connectivity index (χ0) is 16.6. The van der Waals surface area contributed by atoms with E-state index in [1.807, 2.05) is 42.5 Å². The highest BCUT2D eigenvalue weighted by molar-refractivity contribution is 8.02. The number of benzene rings is 2. The van der Waals surface area contributed by atoms with E-state index in [1.165, 1.54) is 11.8 Å². The Morgan fingerprint density at radius 1 is 1.09 bits per heavy atom. The Morgan fingerprint density at radius 3 is 2.43 bits per heavy atom. The Balaban J connectivity index is 2.03. The third-order valence-electron chi connectivity index (χ3n) is 3.15. The van der Waals surface area contributed by atoms with E-state index in [9.17, 15) is 18.5 Å². The van der Waals surface area contributed by atoms with Crippen LogP contribution in [0.4, 0.5) is 5.69 Å². The third kappa shape index (κ3) is 3.39. The molecule has 0 aliphatic carbocycles. The fraction of sp³-hybridized carbons (Fsp3) is 0.0667. The predicted octanol–water partition coefficient (Wildman–Crippen LogP) is 4.36. The van der Waals surface area contributed by atoms with Gasteiger partial charge in [0, 0.05) is 17.2 Å². The van der Waals surface area contributed by atoms with Crippen molar-refractivity contribution in [2.75, 3.05) is 6.26 Å². The standard InChI is InChI=1S/C15H11NO4S3/c1-23(19,20)14-9-13(16(17)18)15(22-14)21-12-7-6-10-4-2-3-5-11(10)8-12/h2-9H,1H3. The van der Waals surface area contributed by atoms with Crippen LogP contribution >= 0.6 is 23.1 Å². The maximum Gasteiger partial charge on any atom is 0.295 e. The van der Waals surface area contributed by atoms with Crippen LogP contribution in [0, 0.1) is 10.1 Å². The second-order valence-electron chi connectivity index (χ2n) is 4.88. The minimum absolute atomic E-state index is 0.00693. The molecule has 0 fully saturated rings. The van der Waals surface area contributed by atoms with Crippen LogP contribution in [0.5, 0.6) is 0 Å². The van der Waals surface area contributed by atoms with Crippen LogP contribution in [0.1, 0.15) is 0 Å². The second-order valence-corrected chi connectivity index (χ2v) is 9.52. The number of rotatable bonds is 4. The molecule has 5 nitrogen and oxygen atoms in total. The first-order valence-electron chi connectivity index (χ1n) is 6.49. The summed E-state index contributed by atoms with van der Waals surface area (Å²) in [7, 11) is -3.46. The van der Waals surface area contributed by atoms with E-state index in [2.05, 4.69) is 0 Å². The summed E-state index contributed by atoms with van der Waals surface area (Å²) in [6, 6.07) is 14.7. The lowest BCUT2D eigenvalue weighted by Gasteiger charge is -2.02. The van der Waals surface area contributed by atoms with Crippen LogP contribution in [-0.4, -0.2) is 19.6 Å². The Labute approximate surface area is 141 Å². The largest absolute Gasteiger partial charge is 0.295 e. The van der Waals surface area contributed by atoms with Crippen LogP contribution in [0.2, 0.25) is 0 Å². The van der Waals surface area contributed by atoms with Crippen LogP contribution in [0.25, 0.3) is 10.8 Å². The monoisotopic (exact) mass is 365 g/mol. The molecule has 1 aromatic heterocycles. The highest BCUT2D eigenvalue weighted by Crippen LogP contribution is 2.43. The normalized spacial score (nSPS) is 11.7. The van der Waals surface area contributed by atoms with Crippen LogP contribution in [0.3, 0.4) is 0 Å². The number of hydrogen-bond donors (Lipinski definition) is 0. The lowest BCUT2D eigenvalue weighted by molar-refractivity contribution is -0.387. The minimum atomic E-state index is -3.46. The lowest BCUT2D eigenvalue weighted by Crippen LogP contribution is -1.92. The van der Waals surface area contributed by atoms with Crippen molar-refractivity contribution in [3.63, 3.8) is 0 Å². The first-order valence-corrected chi connectivity index (χ1v) is 10.0. The first-order chi connectivity index (χ1) is 10.8. The van der Waals surface area contributed by atoms with Crippen LogP contribution in [-0.2, 0) is 9.84 Å². The summed E-state index contributed by atoms with van der Waals surface area (Å²) in [5.74, 6) is 0. The molecule has 118 valence electrons. The molecule has 0 aliphatic rings. The summed E-state index contributed by atoms with van der Waals surface area (Å²) < 4.78 is 23.6. The predicted molar refractivity (Wildman–Crippen MR) is 92.2 cm³/mol. The molecule has 23 heavy (non-hydrogen) atoms. The van der Waals surface area contributed by atoms with Crippen LogP contribution in [0.15, 0.2) is 61.8 Å². The Kier molecular flexibility index (Phi) is 4.13. The van der Waals surface area contributed by atoms with Gasteiger partial charge in [0.05, 0.1) is 4.92 Å². The van der Waals surface area contributed by atoms with Gasteiger partial charge >= 0.3 is 0 Å². The summed E-state index contributed by atoms with van der Waals surface area (Å²) >= 11 is 2.14. The second kappa shape index (κ2) is 5.95. The van der Waals surface area contributed by atoms with Gasteiger partial charge in [0.25, 0.3) is 5.69 Å². The van der Waals surface area contributed by atoms with Gasteiger partial charge in [-0.05, 0) is 22.9 Å². The van der Waals surface area contributed by atoms with Crippen molar-refractivity contribution in [2.24, 2.45) is 0 Å². The SMILES string of the molecule is CS(=O)(=O)c1cc([N+](=O)[O-])c(Sc2ccc3ccccc3c2)s1. The molecule has 0 spiro atoms. The molecular weight excluding hydrogens is 354 g/mol. The minimum Gasteiger partial charge on any atom is -0.258 e. The maximum atomic E-state index is 11.6. The molecular formula is C15H11NO4S3. The van der Waals surface area contributed by atoms with E-state index < -0.39 is 14.8 Å². The number of nitrogens with zero attached hydrogens (tertiary/aromatic N) is 1. The van der Waals surface area contributed by atoms with Gasteiger partial charge in [0.15, 0.2) is 9.84 Å². The first kappa shape index (κ1) is 16.0.